The highest BCUT2D eigenvalue weighted by Crippen LogP contribution is 2.46. The number of rotatable bonds is 4. The van der Waals surface area contributed by atoms with E-state index in [1.54, 1.807) is 0 Å². The summed E-state index contributed by atoms with van der Waals surface area (Å²) in [4.78, 5) is 0. The normalized spacial score (nSPS) is 13.5. The summed E-state index contributed by atoms with van der Waals surface area (Å²) in [6.45, 7) is -2.09. The van der Waals surface area contributed by atoms with Gasteiger partial charge in [0.15, 0.2) is 6.61 Å². The molecule has 0 radical (unpaired) electrons. The number of hydrogen-bond donors (Lipinski definition) is 0. The van der Waals surface area contributed by atoms with Crippen molar-refractivity contribution in [3.05, 3.63) is 28.7 Å². The van der Waals surface area contributed by atoms with Crippen molar-refractivity contribution in [3.8, 4) is 5.75 Å². The minimum atomic E-state index is -6.35. The highest BCUT2D eigenvalue weighted by molar-refractivity contribution is 9.10. The second-order valence-corrected chi connectivity index (χ2v) is 4.44. The lowest BCUT2D eigenvalue weighted by atomic mass is 10.2. The lowest BCUT2D eigenvalue weighted by Crippen LogP contribution is -2.54. The van der Waals surface area contributed by atoms with E-state index in [1.807, 2.05) is 0 Å². The van der Waals surface area contributed by atoms with E-state index < -0.39 is 24.6 Å². The van der Waals surface area contributed by atoms with Crippen LogP contribution >= 0.6 is 15.9 Å². The molecule has 0 N–H and O–H groups in total. The number of hydrogen-bond acceptors (Lipinski definition) is 1. The Morgan fingerprint density at radius 3 is 2.05 bits per heavy atom. The third-order valence-corrected chi connectivity index (χ3v) is 2.52. The van der Waals surface area contributed by atoms with Gasteiger partial charge >= 0.3 is 18.0 Å². The Morgan fingerprint density at radius 1 is 1.00 bits per heavy atom. The van der Waals surface area contributed by atoms with E-state index >= 15 is 0 Å². The molecule has 0 saturated carbocycles. The molecule has 9 heteroatoms. The van der Waals surface area contributed by atoms with Gasteiger partial charge in [-0.1, -0.05) is 22.0 Å². The Balaban J connectivity index is 2.81. The van der Waals surface area contributed by atoms with E-state index in [1.165, 1.54) is 12.1 Å². The van der Waals surface area contributed by atoms with Crippen molar-refractivity contribution in [2.24, 2.45) is 0 Å². The summed E-state index contributed by atoms with van der Waals surface area (Å²) < 4.78 is 91.0. The molecule has 108 valence electrons. The van der Waals surface area contributed by atoms with Crippen LogP contribution in [0.2, 0.25) is 0 Å². The van der Waals surface area contributed by atoms with Crippen molar-refractivity contribution < 1.29 is 35.5 Å². The van der Waals surface area contributed by atoms with Crippen LogP contribution in [0.5, 0.6) is 5.75 Å². The first kappa shape index (κ1) is 16.1. The van der Waals surface area contributed by atoms with Crippen LogP contribution in [0.15, 0.2) is 28.7 Å². The van der Waals surface area contributed by atoms with E-state index in [-0.39, 0.29) is 5.75 Å². The maximum atomic E-state index is 12.9. The first-order chi connectivity index (χ1) is 8.47. The van der Waals surface area contributed by atoms with Crippen molar-refractivity contribution in [2.45, 2.75) is 18.0 Å². The molecule has 1 nitrogen and oxygen atoms in total. The van der Waals surface area contributed by atoms with Crippen LogP contribution in [-0.2, 0) is 0 Å². The zero-order valence-corrected chi connectivity index (χ0v) is 10.5. The molecule has 1 aromatic rings. The van der Waals surface area contributed by atoms with Crippen LogP contribution < -0.4 is 4.74 Å². The molecule has 0 fully saturated rings. The molecular formula is C10H6BrF7O. The van der Waals surface area contributed by atoms with Crippen LogP contribution in [0.4, 0.5) is 30.7 Å². The van der Waals surface area contributed by atoms with Crippen molar-refractivity contribution in [1.29, 1.82) is 0 Å². The molecule has 0 heterocycles. The SMILES string of the molecule is FC(F)(F)C(F)(F)C(F)(F)COc1cccc(Br)c1. The van der Waals surface area contributed by atoms with Gasteiger partial charge in [0, 0.05) is 4.47 Å². The van der Waals surface area contributed by atoms with Gasteiger partial charge in [0.05, 0.1) is 0 Å². The molecule has 1 rings (SSSR count). The van der Waals surface area contributed by atoms with Crippen LogP contribution in [-0.4, -0.2) is 24.6 Å². The molecule has 0 aliphatic carbocycles. The summed E-state index contributed by atoms with van der Waals surface area (Å²) in [7, 11) is 0. The molecule has 19 heavy (non-hydrogen) atoms. The van der Waals surface area contributed by atoms with Crippen molar-refractivity contribution in [3.63, 3.8) is 0 Å². The highest BCUT2D eigenvalue weighted by atomic mass is 79.9. The van der Waals surface area contributed by atoms with Gasteiger partial charge in [-0.15, -0.1) is 0 Å². The summed E-state index contributed by atoms with van der Waals surface area (Å²) in [5.74, 6) is -11.8. The Morgan fingerprint density at radius 2 is 1.58 bits per heavy atom. The van der Waals surface area contributed by atoms with Crippen LogP contribution in [0.3, 0.4) is 0 Å². The summed E-state index contributed by atoms with van der Waals surface area (Å²) in [6, 6.07) is 5.14. The number of alkyl halides is 7. The van der Waals surface area contributed by atoms with Gasteiger partial charge in [0.25, 0.3) is 0 Å². The third-order valence-electron chi connectivity index (χ3n) is 2.03. The van der Waals surface area contributed by atoms with Crippen LogP contribution in [0.25, 0.3) is 0 Å². The Kier molecular flexibility index (Phi) is 4.38. The lowest BCUT2D eigenvalue weighted by molar-refractivity contribution is -0.358. The molecule has 0 saturated heterocycles. The number of ether oxygens (including phenoxy) is 1. The van der Waals surface area contributed by atoms with Crippen molar-refractivity contribution >= 4 is 15.9 Å². The number of halogens is 8. The van der Waals surface area contributed by atoms with E-state index in [0.717, 1.165) is 12.1 Å². The molecule has 1 aromatic carbocycles. The van der Waals surface area contributed by atoms with E-state index in [2.05, 4.69) is 20.7 Å². The summed E-state index contributed by atoms with van der Waals surface area (Å²) in [6.07, 6.45) is -6.35. The highest BCUT2D eigenvalue weighted by Gasteiger charge is 2.73. The predicted molar refractivity (Wildman–Crippen MR) is 55.6 cm³/mol. The fraction of sp³-hybridized carbons (Fsp3) is 0.400. The first-order valence-corrected chi connectivity index (χ1v) is 5.47. The molecule has 0 bridgehead atoms. The molecule has 0 aliphatic heterocycles. The molecule has 0 spiro atoms. The largest absolute Gasteiger partial charge is 0.487 e. The molecule has 0 atom stereocenters. The van der Waals surface area contributed by atoms with Crippen molar-refractivity contribution in [2.75, 3.05) is 6.61 Å². The fourth-order valence-corrected chi connectivity index (χ4v) is 1.41. The molecule has 0 aromatic heterocycles. The minimum Gasteiger partial charge on any atom is -0.487 e. The molecule has 0 unspecified atom stereocenters. The minimum absolute atomic E-state index is 0.257. The van der Waals surface area contributed by atoms with Gasteiger partial charge in [-0.2, -0.15) is 30.7 Å². The maximum absolute atomic E-state index is 12.9. The van der Waals surface area contributed by atoms with Crippen LogP contribution in [0, 0.1) is 0 Å². The molecule has 0 aliphatic rings. The Bertz CT molecular complexity index is 444. The zero-order chi connectivity index (χ0) is 14.9. The van der Waals surface area contributed by atoms with Gasteiger partial charge in [0.1, 0.15) is 5.75 Å². The Labute approximate surface area is 111 Å². The first-order valence-electron chi connectivity index (χ1n) is 4.68. The predicted octanol–water partition coefficient (Wildman–Crippen LogP) is 4.66. The van der Waals surface area contributed by atoms with Gasteiger partial charge in [-0.25, -0.2) is 0 Å². The molecular weight excluding hydrogens is 349 g/mol. The lowest BCUT2D eigenvalue weighted by Gasteiger charge is -2.27. The monoisotopic (exact) mass is 354 g/mol. The zero-order valence-electron chi connectivity index (χ0n) is 8.95. The summed E-state index contributed by atoms with van der Waals surface area (Å²) in [5.41, 5.74) is 0. The topological polar surface area (TPSA) is 9.23 Å². The average Bonchev–Trinajstić information content (AvgIpc) is 2.25. The standard InChI is InChI=1S/C10H6BrF7O/c11-6-2-1-3-7(4-6)19-5-8(12,13)9(14,15)10(16,17)18/h1-4H,5H2. The van der Waals surface area contributed by atoms with Gasteiger partial charge < -0.3 is 4.74 Å². The summed E-state index contributed by atoms with van der Waals surface area (Å²) >= 11 is 2.96. The molecule has 0 amide bonds. The quantitative estimate of drug-likeness (QED) is 0.714. The van der Waals surface area contributed by atoms with E-state index in [4.69, 9.17) is 0 Å². The summed E-state index contributed by atoms with van der Waals surface area (Å²) in [5, 5.41) is 0. The average molecular weight is 355 g/mol. The van der Waals surface area contributed by atoms with Gasteiger partial charge in [-0.05, 0) is 18.2 Å². The second kappa shape index (κ2) is 5.18. The van der Waals surface area contributed by atoms with Crippen molar-refractivity contribution in [1.82, 2.24) is 0 Å². The van der Waals surface area contributed by atoms with Gasteiger partial charge in [-0.3, -0.25) is 0 Å². The Hall–Kier alpha value is -0.990. The number of benzene rings is 1. The van der Waals surface area contributed by atoms with Crippen LogP contribution in [0.1, 0.15) is 0 Å². The van der Waals surface area contributed by atoms with E-state index in [9.17, 15) is 30.7 Å². The second-order valence-electron chi connectivity index (χ2n) is 3.52. The maximum Gasteiger partial charge on any atom is 0.460 e. The van der Waals surface area contributed by atoms with Gasteiger partial charge in [0.2, 0.25) is 0 Å². The fourth-order valence-electron chi connectivity index (χ4n) is 1.03. The smallest absolute Gasteiger partial charge is 0.460 e. The third kappa shape index (κ3) is 3.52. The van der Waals surface area contributed by atoms with E-state index in [0.29, 0.717) is 4.47 Å².